The van der Waals surface area contributed by atoms with Gasteiger partial charge in [-0.25, -0.2) is 21.2 Å². The summed E-state index contributed by atoms with van der Waals surface area (Å²) >= 11 is 1.09. The Morgan fingerprint density at radius 1 is 0.686 bits per heavy atom. The fourth-order valence-corrected chi connectivity index (χ4v) is 6.07. The van der Waals surface area contributed by atoms with Crippen LogP contribution in [0.25, 0.3) is 0 Å². The minimum absolute atomic E-state index is 0.0396. The van der Waals surface area contributed by atoms with E-state index in [0.29, 0.717) is 11.4 Å². The Hall–Kier alpha value is -3.74. The Labute approximate surface area is 205 Å². The Bertz CT molecular complexity index is 1540. The number of nitrogens with one attached hydrogen (secondary N) is 3. The summed E-state index contributed by atoms with van der Waals surface area (Å²) in [6.45, 7) is 0. The van der Waals surface area contributed by atoms with Crippen LogP contribution < -0.4 is 14.8 Å². The smallest absolute Gasteiger partial charge is 0.271 e. The lowest BCUT2D eigenvalue weighted by molar-refractivity contribution is 0.102. The van der Waals surface area contributed by atoms with Crippen LogP contribution in [-0.2, 0) is 20.0 Å². The lowest BCUT2D eigenvalue weighted by Gasteiger charge is -2.10. The predicted octanol–water partition coefficient (Wildman–Crippen LogP) is 4.74. The van der Waals surface area contributed by atoms with Gasteiger partial charge in [0, 0.05) is 22.6 Å². The Kier molecular flexibility index (Phi) is 6.87. The third-order valence-electron chi connectivity index (χ3n) is 4.68. The lowest BCUT2D eigenvalue weighted by atomic mass is 10.2. The van der Waals surface area contributed by atoms with Crippen molar-refractivity contribution >= 4 is 54.4 Å². The molecule has 180 valence electrons. The van der Waals surface area contributed by atoms with Crippen LogP contribution in [-0.4, -0.2) is 22.7 Å². The van der Waals surface area contributed by atoms with Gasteiger partial charge in [-0.1, -0.05) is 6.07 Å². The van der Waals surface area contributed by atoms with Gasteiger partial charge < -0.3 is 5.32 Å². The van der Waals surface area contributed by atoms with Crippen LogP contribution in [0.15, 0.2) is 99.4 Å². The summed E-state index contributed by atoms with van der Waals surface area (Å²) in [5, 5.41) is 4.31. The highest BCUT2D eigenvalue weighted by atomic mass is 32.2. The van der Waals surface area contributed by atoms with Crippen LogP contribution in [0, 0.1) is 5.82 Å². The van der Waals surface area contributed by atoms with Gasteiger partial charge in [0.15, 0.2) is 0 Å². The monoisotopic (exact) mass is 531 g/mol. The van der Waals surface area contributed by atoms with Gasteiger partial charge in [0.1, 0.15) is 10.0 Å². The van der Waals surface area contributed by atoms with E-state index in [2.05, 4.69) is 14.8 Å². The number of halogens is 1. The van der Waals surface area contributed by atoms with Gasteiger partial charge in [0.05, 0.1) is 4.90 Å². The summed E-state index contributed by atoms with van der Waals surface area (Å²) in [5.41, 5.74) is 1.15. The predicted molar refractivity (Wildman–Crippen MR) is 133 cm³/mol. The van der Waals surface area contributed by atoms with Crippen molar-refractivity contribution in [3.8, 4) is 0 Å². The van der Waals surface area contributed by atoms with Gasteiger partial charge in [-0.15, -0.1) is 11.3 Å². The minimum atomic E-state index is -3.90. The molecule has 0 aliphatic heterocycles. The number of carbonyl (C=O) groups excluding carboxylic acids is 1. The molecule has 0 saturated heterocycles. The number of carbonyl (C=O) groups is 1. The second-order valence-corrected chi connectivity index (χ2v) is 11.7. The van der Waals surface area contributed by atoms with Crippen LogP contribution in [0.1, 0.15) is 10.4 Å². The average molecular weight is 532 g/mol. The zero-order valence-electron chi connectivity index (χ0n) is 17.8. The van der Waals surface area contributed by atoms with Crippen LogP contribution in [0.2, 0.25) is 0 Å². The maximum Gasteiger partial charge on any atom is 0.271 e. The maximum absolute atomic E-state index is 13.0. The van der Waals surface area contributed by atoms with E-state index in [1.807, 2.05) is 0 Å². The number of hydrogen-bond donors (Lipinski definition) is 3. The summed E-state index contributed by atoms with van der Waals surface area (Å²) in [5.74, 6) is -0.944. The zero-order valence-corrected chi connectivity index (χ0v) is 20.3. The molecule has 0 atom stereocenters. The molecule has 0 fully saturated rings. The molecule has 1 aromatic heterocycles. The number of thiophene rings is 1. The molecular formula is C23H18FN3O5S3. The largest absolute Gasteiger partial charge is 0.322 e. The number of amides is 1. The number of anilines is 3. The number of benzene rings is 3. The molecule has 0 aliphatic carbocycles. The molecule has 4 aromatic rings. The first-order valence-corrected chi connectivity index (χ1v) is 13.8. The quantitative estimate of drug-likeness (QED) is 0.303. The fraction of sp³-hybridized carbons (Fsp3) is 0. The second kappa shape index (κ2) is 9.86. The number of rotatable bonds is 8. The second-order valence-electron chi connectivity index (χ2n) is 7.21. The van der Waals surface area contributed by atoms with Gasteiger partial charge in [0.25, 0.3) is 26.0 Å². The van der Waals surface area contributed by atoms with Crippen molar-refractivity contribution in [3.05, 3.63) is 102 Å². The van der Waals surface area contributed by atoms with Gasteiger partial charge in [-0.3, -0.25) is 14.2 Å². The molecule has 3 aromatic carbocycles. The molecule has 1 heterocycles. The van der Waals surface area contributed by atoms with E-state index in [1.54, 1.807) is 11.4 Å². The van der Waals surface area contributed by atoms with E-state index in [9.17, 15) is 26.0 Å². The number of sulfonamides is 2. The van der Waals surface area contributed by atoms with Crippen LogP contribution in [0.5, 0.6) is 0 Å². The topological polar surface area (TPSA) is 121 Å². The van der Waals surface area contributed by atoms with E-state index in [-0.39, 0.29) is 20.4 Å². The van der Waals surface area contributed by atoms with E-state index in [4.69, 9.17) is 0 Å². The first-order chi connectivity index (χ1) is 16.6. The van der Waals surface area contributed by atoms with Crippen LogP contribution in [0.3, 0.4) is 0 Å². The molecule has 4 rings (SSSR count). The molecular weight excluding hydrogens is 513 g/mol. The average Bonchev–Trinajstić information content (AvgIpc) is 3.37. The standard InChI is InChI=1S/C23H18FN3O5S3/c24-17-5-9-20(10-6-17)26-34(29,30)21-13-11-18(12-14-21)25-23(28)16-3-7-19(8-4-16)27-35(31,32)22-2-1-15-33-22/h1-15,26-27H,(H,25,28). The first kappa shape index (κ1) is 24.4. The van der Waals surface area contributed by atoms with Crippen molar-refractivity contribution in [2.45, 2.75) is 9.10 Å². The molecule has 0 bridgehead atoms. The molecule has 0 saturated carbocycles. The summed E-state index contributed by atoms with van der Waals surface area (Å²) in [4.78, 5) is 12.5. The van der Waals surface area contributed by atoms with Gasteiger partial charge in [-0.05, 0) is 84.2 Å². The summed E-state index contributed by atoms with van der Waals surface area (Å²) in [6, 6.07) is 19.4. The lowest BCUT2D eigenvalue weighted by Crippen LogP contribution is -2.14. The van der Waals surface area contributed by atoms with E-state index < -0.39 is 31.8 Å². The Balaban J connectivity index is 1.39. The normalized spacial score (nSPS) is 11.6. The van der Waals surface area contributed by atoms with Gasteiger partial charge >= 0.3 is 0 Å². The van der Waals surface area contributed by atoms with E-state index >= 15 is 0 Å². The summed E-state index contributed by atoms with van der Waals surface area (Å²) in [7, 11) is -7.59. The Morgan fingerprint density at radius 3 is 1.80 bits per heavy atom. The molecule has 0 spiro atoms. The van der Waals surface area contributed by atoms with Crippen molar-refractivity contribution in [2.24, 2.45) is 0 Å². The molecule has 1 amide bonds. The third-order valence-corrected chi connectivity index (χ3v) is 8.85. The minimum Gasteiger partial charge on any atom is -0.322 e. The van der Waals surface area contributed by atoms with Crippen molar-refractivity contribution in [3.63, 3.8) is 0 Å². The summed E-state index contributed by atoms with van der Waals surface area (Å²) in [6.07, 6.45) is 0. The van der Waals surface area contributed by atoms with Gasteiger partial charge in [-0.2, -0.15) is 0 Å². The fourth-order valence-electron chi connectivity index (χ4n) is 2.96. The summed E-state index contributed by atoms with van der Waals surface area (Å²) < 4.78 is 67.6. The Morgan fingerprint density at radius 2 is 1.23 bits per heavy atom. The molecule has 0 radical (unpaired) electrons. The highest BCUT2D eigenvalue weighted by Crippen LogP contribution is 2.22. The zero-order chi connectivity index (χ0) is 25.1. The van der Waals surface area contributed by atoms with Crippen LogP contribution in [0.4, 0.5) is 21.5 Å². The SMILES string of the molecule is O=C(Nc1ccc(S(=O)(=O)Nc2ccc(F)cc2)cc1)c1ccc(NS(=O)(=O)c2cccs2)cc1. The van der Waals surface area contributed by atoms with Crippen LogP contribution >= 0.6 is 11.3 Å². The molecule has 12 heteroatoms. The van der Waals surface area contributed by atoms with Crippen molar-refractivity contribution < 1.29 is 26.0 Å². The highest BCUT2D eigenvalue weighted by Gasteiger charge is 2.16. The van der Waals surface area contributed by atoms with E-state index in [0.717, 1.165) is 23.5 Å². The van der Waals surface area contributed by atoms with Crippen molar-refractivity contribution in [2.75, 3.05) is 14.8 Å². The van der Waals surface area contributed by atoms with E-state index in [1.165, 1.54) is 66.7 Å². The molecule has 8 nitrogen and oxygen atoms in total. The molecule has 35 heavy (non-hydrogen) atoms. The highest BCUT2D eigenvalue weighted by molar-refractivity contribution is 7.94. The molecule has 0 aliphatic rings. The first-order valence-electron chi connectivity index (χ1n) is 9.99. The molecule has 3 N–H and O–H groups in total. The van der Waals surface area contributed by atoms with Gasteiger partial charge in [0.2, 0.25) is 0 Å². The van der Waals surface area contributed by atoms with Crippen molar-refractivity contribution in [1.82, 2.24) is 0 Å². The molecule has 0 unspecified atom stereocenters. The number of hydrogen-bond acceptors (Lipinski definition) is 6. The maximum atomic E-state index is 13.0. The third kappa shape index (κ3) is 6.04. The van der Waals surface area contributed by atoms with Crippen molar-refractivity contribution in [1.29, 1.82) is 0 Å².